The molecular weight excluding hydrogens is 283 g/mol. The predicted molar refractivity (Wildman–Crippen MR) is 74.3 cm³/mol. The van der Waals surface area contributed by atoms with E-state index in [0.29, 0.717) is 0 Å². The van der Waals surface area contributed by atoms with Gasteiger partial charge in [0.25, 0.3) is 5.91 Å². The lowest BCUT2D eigenvalue weighted by Gasteiger charge is -2.08. The number of nitrogens with one attached hydrogen (secondary N) is 1. The van der Waals surface area contributed by atoms with Crippen molar-refractivity contribution >= 4 is 29.1 Å². The van der Waals surface area contributed by atoms with E-state index in [1.807, 2.05) is 0 Å². The van der Waals surface area contributed by atoms with Crippen molar-refractivity contribution in [2.45, 2.75) is 0 Å². The third kappa shape index (κ3) is 3.13. The summed E-state index contributed by atoms with van der Waals surface area (Å²) in [5.74, 6) is -1.53. The van der Waals surface area contributed by atoms with Gasteiger partial charge in [-0.2, -0.15) is 0 Å². The normalized spacial score (nSPS) is 10.1. The molecule has 0 unspecified atom stereocenters. The van der Waals surface area contributed by atoms with Gasteiger partial charge in [0.05, 0.1) is 10.7 Å². The zero-order valence-corrected chi connectivity index (χ0v) is 10.9. The minimum absolute atomic E-state index is 0.226. The van der Waals surface area contributed by atoms with Gasteiger partial charge in [-0.1, -0.05) is 11.6 Å². The van der Waals surface area contributed by atoms with Gasteiger partial charge in [0.15, 0.2) is 0 Å². The number of amides is 2. The first-order valence-corrected chi connectivity index (χ1v) is 6.01. The first kappa shape index (κ1) is 14.0. The summed E-state index contributed by atoms with van der Waals surface area (Å²) in [6.07, 6.45) is 0. The van der Waals surface area contributed by atoms with Gasteiger partial charge >= 0.3 is 0 Å². The number of carbonyl (C=O) groups is 2. The second-order valence-electron chi connectivity index (χ2n) is 4.02. The third-order valence-corrected chi connectivity index (χ3v) is 2.94. The Kier molecular flexibility index (Phi) is 4.00. The fourth-order valence-electron chi connectivity index (χ4n) is 1.57. The van der Waals surface area contributed by atoms with E-state index in [1.54, 1.807) is 0 Å². The summed E-state index contributed by atoms with van der Waals surface area (Å²) < 4.78 is 12.8. The van der Waals surface area contributed by atoms with Crippen LogP contribution in [0.25, 0.3) is 0 Å². The van der Waals surface area contributed by atoms with Gasteiger partial charge in [-0.05, 0) is 42.5 Å². The molecule has 0 aliphatic rings. The highest BCUT2D eigenvalue weighted by Crippen LogP contribution is 2.23. The molecule has 0 fully saturated rings. The summed E-state index contributed by atoms with van der Waals surface area (Å²) in [6, 6.07) is 9.34. The molecule has 2 aromatic carbocycles. The first-order valence-electron chi connectivity index (χ1n) is 5.63. The summed E-state index contributed by atoms with van der Waals surface area (Å²) in [5.41, 5.74) is 5.91. The number of carbonyl (C=O) groups excluding carboxylic acids is 2. The molecule has 0 aliphatic carbocycles. The number of halogens is 2. The number of rotatable bonds is 3. The van der Waals surface area contributed by atoms with Gasteiger partial charge in [0, 0.05) is 11.1 Å². The Balaban J connectivity index is 2.25. The molecule has 0 bridgehead atoms. The number of anilines is 1. The van der Waals surface area contributed by atoms with E-state index in [-0.39, 0.29) is 21.8 Å². The molecule has 0 aliphatic heterocycles. The summed E-state index contributed by atoms with van der Waals surface area (Å²) >= 11 is 5.93. The standard InChI is InChI=1S/C14H10ClFN2O2/c15-11-6-3-9(13(17)19)7-12(11)18-14(20)8-1-4-10(16)5-2-8/h1-7H,(H2,17,19)(H,18,20). The second kappa shape index (κ2) is 5.71. The van der Waals surface area contributed by atoms with Crippen LogP contribution in [0.5, 0.6) is 0 Å². The molecule has 102 valence electrons. The summed E-state index contributed by atoms with van der Waals surface area (Å²) in [7, 11) is 0. The lowest BCUT2D eigenvalue weighted by atomic mass is 10.1. The highest BCUT2D eigenvalue weighted by atomic mass is 35.5. The Morgan fingerprint density at radius 2 is 1.65 bits per heavy atom. The molecule has 2 amide bonds. The number of nitrogens with two attached hydrogens (primary N) is 1. The zero-order chi connectivity index (χ0) is 14.7. The Hall–Kier alpha value is -2.40. The van der Waals surface area contributed by atoms with Crippen LogP contribution in [0.4, 0.5) is 10.1 Å². The summed E-state index contributed by atoms with van der Waals surface area (Å²) in [4.78, 5) is 23.0. The van der Waals surface area contributed by atoms with E-state index in [0.717, 1.165) is 0 Å². The second-order valence-corrected chi connectivity index (χ2v) is 4.43. The molecular formula is C14H10ClFN2O2. The molecule has 0 atom stereocenters. The average molecular weight is 293 g/mol. The van der Waals surface area contributed by atoms with Gasteiger partial charge in [-0.3, -0.25) is 9.59 Å². The fraction of sp³-hybridized carbons (Fsp3) is 0. The van der Waals surface area contributed by atoms with Crippen LogP contribution in [0.15, 0.2) is 42.5 Å². The van der Waals surface area contributed by atoms with Crippen molar-refractivity contribution in [3.63, 3.8) is 0 Å². The van der Waals surface area contributed by atoms with Crippen molar-refractivity contribution in [2.24, 2.45) is 5.73 Å². The number of hydrogen-bond acceptors (Lipinski definition) is 2. The minimum atomic E-state index is -0.626. The van der Waals surface area contributed by atoms with E-state index in [4.69, 9.17) is 17.3 Å². The molecule has 6 heteroatoms. The Bertz CT molecular complexity index is 671. The van der Waals surface area contributed by atoms with Crippen LogP contribution in [0, 0.1) is 5.82 Å². The Morgan fingerprint density at radius 3 is 2.25 bits per heavy atom. The Morgan fingerprint density at radius 1 is 1.05 bits per heavy atom. The number of hydrogen-bond donors (Lipinski definition) is 2. The van der Waals surface area contributed by atoms with Gasteiger partial charge in [0.2, 0.25) is 5.91 Å². The minimum Gasteiger partial charge on any atom is -0.366 e. The van der Waals surface area contributed by atoms with Crippen molar-refractivity contribution in [3.8, 4) is 0 Å². The van der Waals surface area contributed by atoms with E-state index in [1.165, 1.54) is 42.5 Å². The lowest BCUT2D eigenvalue weighted by molar-refractivity contribution is 0.0996. The van der Waals surface area contributed by atoms with E-state index in [9.17, 15) is 14.0 Å². The van der Waals surface area contributed by atoms with Crippen LogP contribution < -0.4 is 11.1 Å². The summed E-state index contributed by atoms with van der Waals surface area (Å²) in [6.45, 7) is 0. The fourth-order valence-corrected chi connectivity index (χ4v) is 1.73. The maximum absolute atomic E-state index is 12.8. The van der Waals surface area contributed by atoms with Crippen molar-refractivity contribution in [1.29, 1.82) is 0 Å². The third-order valence-electron chi connectivity index (χ3n) is 2.61. The van der Waals surface area contributed by atoms with Gasteiger partial charge in [0.1, 0.15) is 5.82 Å². The molecule has 2 rings (SSSR count). The van der Waals surface area contributed by atoms with Crippen LogP contribution in [0.2, 0.25) is 5.02 Å². The molecule has 0 spiro atoms. The molecule has 0 heterocycles. The van der Waals surface area contributed by atoms with Crippen molar-refractivity contribution < 1.29 is 14.0 Å². The van der Waals surface area contributed by atoms with Crippen LogP contribution in [0.1, 0.15) is 20.7 Å². The maximum Gasteiger partial charge on any atom is 0.255 e. The van der Waals surface area contributed by atoms with Gasteiger partial charge in [-0.25, -0.2) is 4.39 Å². The van der Waals surface area contributed by atoms with Crippen molar-refractivity contribution in [1.82, 2.24) is 0 Å². The van der Waals surface area contributed by atoms with Gasteiger partial charge < -0.3 is 11.1 Å². The van der Waals surface area contributed by atoms with E-state index >= 15 is 0 Å². The predicted octanol–water partition coefficient (Wildman–Crippen LogP) is 2.83. The van der Waals surface area contributed by atoms with Crippen LogP contribution in [-0.4, -0.2) is 11.8 Å². The number of benzene rings is 2. The molecule has 0 radical (unpaired) electrons. The SMILES string of the molecule is NC(=O)c1ccc(Cl)c(NC(=O)c2ccc(F)cc2)c1. The van der Waals surface area contributed by atoms with E-state index in [2.05, 4.69) is 5.32 Å². The first-order chi connectivity index (χ1) is 9.47. The smallest absolute Gasteiger partial charge is 0.255 e. The molecule has 0 saturated carbocycles. The maximum atomic E-state index is 12.8. The number of primary amides is 1. The molecule has 3 N–H and O–H groups in total. The van der Waals surface area contributed by atoms with Crippen LogP contribution in [-0.2, 0) is 0 Å². The van der Waals surface area contributed by atoms with Crippen molar-refractivity contribution in [3.05, 3.63) is 64.4 Å². The van der Waals surface area contributed by atoms with Crippen LogP contribution in [0.3, 0.4) is 0 Å². The summed E-state index contributed by atoms with van der Waals surface area (Å²) in [5, 5.41) is 2.81. The lowest BCUT2D eigenvalue weighted by Crippen LogP contribution is -2.14. The van der Waals surface area contributed by atoms with Crippen LogP contribution >= 0.6 is 11.6 Å². The quantitative estimate of drug-likeness (QED) is 0.913. The van der Waals surface area contributed by atoms with E-state index < -0.39 is 17.6 Å². The Labute approximate surface area is 119 Å². The monoisotopic (exact) mass is 292 g/mol. The molecule has 0 aromatic heterocycles. The molecule has 20 heavy (non-hydrogen) atoms. The molecule has 4 nitrogen and oxygen atoms in total. The largest absolute Gasteiger partial charge is 0.366 e. The zero-order valence-electron chi connectivity index (χ0n) is 10.2. The van der Waals surface area contributed by atoms with Crippen molar-refractivity contribution in [2.75, 3.05) is 5.32 Å². The molecule has 0 saturated heterocycles. The highest BCUT2D eigenvalue weighted by Gasteiger charge is 2.11. The topological polar surface area (TPSA) is 72.2 Å². The average Bonchev–Trinajstić information content (AvgIpc) is 2.41. The molecule has 2 aromatic rings. The highest BCUT2D eigenvalue weighted by molar-refractivity contribution is 6.34. The van der Waals surface area contributed by atoms with Gasteiger partial charge in [-0.15, -0.1) is 0 Å².